The standard InChI is InChI=1S/C15H19N3O3/c1-2-3-7-13(15(20)21)16-14(19)10-18-9-11-6-4-5-8-12(11)17-18/h4-6,8-9,13H,2-3,7,10H2,1H3,(H,16,19)(H,20,21). The molecule has 1 aromatic carbocycles. The van der Waals surface area contributed by atoms with Crippen LogP contribution >= 0.6 is 0 Å². The molecular formula is C15H19N3O3. The highest BCUT2D eigenvalue weighted by atomic mass is 16.4. The third-order valence-electron chi connectivity index (χ3n) is 3.25. The Morgan fingerprint density at radius 1 is 1.38 bits per heavy atom. The Morgan fingerprint density at radius 2 is 2.14 bits per heavy atom. The summed E-state index contributed by atoms with van der Waals surface area (Å²) in [4.78, 5) is 23.0. The predicted octanol–water partition coefficient (Wildman–Crippen LogP) is 1.80. The largest absolute Gasteiger partial charge is 0.480 e. The summed E-state index contributed by atoms with van der Waals surface area (Å²) < 4.78 is 1.53. The summed E-state index contributed by atoms with van der Waals surface area (Å²) in [5.74, 6) is -1.34. The van der Waals surface area contributed by atoms with E-state index < -0.39 is 12.0 Å². The number of carbonyl (C=O) groups excluding carboxylic acids is 1. The van der Waals surface area contributed by atoms with Gasteiger partial charge in [0.15, 0.2) is 0 Å². The molecule has 0 radical (unpaired) electrons. The number of carbonyl (C=O) groups is 2. The van der Waals surface area contributed by atoms with Gasteiger partial charge < -0.3 is 10.4 Å². The molecule has 1 heterocycles. The van der Waals surface area contributed by atoms with Crippen molar-refractivity contribution in [3.8, 4) is 0 Å². The summed E-state index contributed by atoms with van der Waals surface area (Å²) in [6.07, 6.45) is 3.88. The molecule has 1 amide bonds. The average molecular weight is 289 g/mol. The van der Waals surface area contributed by atoms with Crippen molar-refractivity contribution in [2.24, 2.45) is 0 Å². The monoisotopic (exact) mass is 289 g/mol. The van der Waals surface area contributed by atoms with Crippen LogP contribution in [0.2, 0.25) is 0 Å². The van der Waals surface area contributed by atoms with Gasteiger partial charge in [-0.1, -0.05) is 38.0 Å². The van der Waals surface area contributed by atoms with Crippen molar-refractivity contribution < 1.29 is 14.7 Å². The first kappa shape index (κ1) is 15.0. The number of nitrogens with one attached hydrogen (secondary N) is 1. The van der Waals surface area contributed by atoms with Crippen LogP contribution in [-0.2, 0) is 16.1 Å². The third-order valence-corrected chi connectivity index (χ3v) is 3.25. The van der Waals surface area contributed by atoms with Gasteiger partial charge in [-0.15, -0.1) is 0 Å². The normalized spacial score (nSPS) is 12.2. The summed E-state index contributed by atoms with van der Waals surface area (Å²) in [7, 11) is 0. The van der Waals surface area contributed by atoms with Crippen molar-refractivity contribution in [3.05, 3.63) is 30.5 Å². The Hall–Kier alpha value is -2.37. The quantitative estimate of drug-likeness (QED) is 0.814. The van der Waals surface area contributed by atoms with Crippen LogP contribution in [-0.4, -0.2) is 32.8 Å². The van der Waals surface area contributed by atoms with Crippen molar-refractivity contribution >= 4 is 22.8 Å². The molecule has 1 aromatic heterocycles. The van der Waals surface area contributed by atoms with E-state index in [-0.39, 0.29) is 12.5 Å². The third kappa shape index (κ3) is 4.05. The van der Waals surface area contributed by atoms with E-state index in [1.54, 1.807) is 6.20 Å². The van der Waals surface area contributed by atoms with Gasteiger partial charge in [0.1, 0.15) is 12.6 Å². The number of amides is 1. The molecule has 0 aliphatic heterocycles. The fraction of sp³-hybridized carbons (Fsp3) is 0.400. The van der Waals surface area contributed by atoms with E-state index in [9.17, 15) is 9.59 Å². The number of carboxylic acid groups (broad SMARTS) is 1. The number of aromatic nitrogens is 2. The van der Waals surface area contributed by atoms with Crippen LogP contribution in [0.15, 0.2) is 30.5 Å². The van der Waals surface area contributed by atoms with E-state index >= 15 is 0 Å². The lowest BCUT2D eigenvalue weighted by Crippen LogP contribution is -2.42. The summed E-state index contributed by atoms with van der Waals surface area (Å²) in [5.41, 5.74) is 0.811. The van der Waals surface area contributed by atoms with Crippen molar-refractivity contribution in [3.63, 3.8) is 0 Å². The molecule has 6 nitrogen and oxygen atoms in total. The van der Waals surface area contributed by atoms with Gasteiger partial charge in [-0.3, -0.25) is 9.48 Å². The summed E-state index contributed by atoms with van der Waals surface area (Å²) in [5, 5.41) is 16.9. The first-order valence-electron chi connectivity index (χ1n) is 7.04. The van der Waals surface area contributed by atoms with E-state index in [0.717, 1.165) is 23.7 Å². The van der Waals surface area contributed by atoms with Crippen LogP contribution in [0.1, 0.15) is 26.2 Å². The van der Waals surface area contributed by atoms with E-state index in [1.165, 1.54) is 4.68 Å². The molecule has 1 atom stereocenters. The van der Waals surface area contributed by atoms with Crippen molar-refractivity contribution in [1.29, 1.82) is 0 Å². The topological polar surface area (TPSA) is 84.2 Å². The van der Waals surface area contributed by atoms with E-state index in [1.807, 2.05) is 31.2 Å². The zero-order chi connectivity index (χ0) is 15.2. The number of aliphatic carboxylic acids is 1. The number of benzene rings is 1. The molecule has 2 aromatic rings. The highest BCUT2D eigenvalue weighted by Crippen LogP contribution is 2.10. The van der Waals surface area contributed by atoms with Crippen LogP contribution in [0.3, 0.4) is 0 Å². The van der Waals surface area contributed by atoms with Crippen LogP contribution < -0.4 is 5.32 Å². The Bertz CT molecular complexity index is 603. The van der Waals surface area contributed by atoms with Gasteiger partial charge in [0, 0.05) is 11.6 Å². The van der Waals surface area contributed by atoms with E-state index in [4.69, 9.17) is 5.11 Å². The smallest absolute Gasteiger partial charge is 0.326 e. The molecule has 0 saturated carbocycles. The van der Waals surface area contributed by atoms with Gasteiger partial charge in [-0.2, -0.15) is 5.10 Å². The molecule has 0 aliphatic carbocycles. The molecule has 2 N–H and O–H groups in total. The Labute approximate surface area is 122 Å². The maximum Gasteiger partial charge on any atom is 0.326 e. The van der Waals surface area contributed by atoms with Gasteiger partial charge in [0.25, 0.3) is 0 Å². The molecule has 6 heteroatoms. The van der Waals surface area contributed by atoms with Gasteiger partial charge >= 0.3 is 5.97 Å². The number of carboxylic acids is 1. The molecule has 0 spiro atoms. The van der Waals surface area contributed by atoms with Crippen molar-refractivity contribution in [2.75, 3.05) is 0 Å². The average Bonchev–Trinajstić information content (AvgIpc) is 2.85. The Morgan fingerprint density at radius 3 is 2.81 bits per heavy atom. The van der Waals surface area contributed by atoms with Crippen molar-refractivity contribution in [1.82, 2.24) is 15.1 Å². The van der Waals surface area contributed by atoms with Gasteiger partial charge in [-0.05, 0) is 12.5 Å². The first-order chi connectivity index (χ1) is 10.1. The minimum Gasteiger partial charge on any atom is -0.480 e. The molecule has 112 valence electrons. The van der Waals surface area contributed by atoms with Crippen LogP contribution in [0, 0.1) is 0 Å². The molecule has 2 rings (SSSR count). The number of unbranched alkanes of at least 4 members (excludes halogenated alkanes) is 1. The number of hydrogen-bond donors (Lipinski definition) is 2. The molecule has 0 fully saturated rings. The van der Waals surface area contributed by atoms with Gasteiger partial charge in [0.2, 0.25) is 5.91 Å². The second-order valence-corrected chi connectivity index (χ2v) is 4.99. The zero-order valence-corrected chi connectivity index (χ0v) is 12.0. The van der Waals surface area contributed by atoms with Gasteiger partial charge in [0.05, 0.1) is 5.52 Å². The number of hydrogen-bond acceptors (Lipinski definition) is 3. The van der Waals surface area contributed by atoms with Crippen LogP contribution in [0.4, 0.5) is 0 Å². The highest BCUT2D eigenvalue weighted by Gasteiger charge is 2.19. The fourth-order valence-electron chi connectivity index (χ4n) is 2.15. The molecule has 1 unspecified atom stereocenters. The maximum atomic E-state index is 11.9. The van der Waals surface area contributed by atoms with E-state index in [2.05, 4.69) is 10.4 Å². The minimum atomic E-state index is -0.998. The summed E-state index contributed by atoms with van der Waals surface area (Å²) in [6, 6.07) is 6.73. The minimum absolute atomic E-state index is 0.0184. The molecule has 0 saturated heterocycles. The predicted molar refractivity (Wildman–Crippen MR) is 78.8 cm³/mol. The number of nitrogens with zero attached hydrogens (tertiary/aromatic N) is 2. The Balaban J connectivity index is 1.98. The molecule has 0 bridgehead atoms. The molecule has 21 heavy (non-hydrogen) atoms. The number of rotatable bonds is 7. The summed E-state index contributed by atoms with van der Waals surface area (Å²) in [6.45, 7) is 2.00. The maximum absolute atomic E-state index is 11.9. The first-order valence-corrected chi connectivity index (χ1v) is 7.04. The Kier molecular flexibility index (Phi) is 4.92. The van der Waals surface area contributed by atoms with E-state index in [0.29, 0.717) is 6.42 Å². The second-order valence-electron chi connectivity index (χ2n) is 4.99. The molecule has 0 aliphatic rings. The lowest BCUT2D eigenvalue weighted by atomic mass is 10.1. The fourth-order valence-corrected chi connectivity index (χ4v) is 2.15. The highest BCUT2D eigenvalue weighted by molar-refractivity contribution is 5.84. The van der Waals surface area contributed by atoms with Crippen LogP contribution in [0.5, 0.6) is 0 Å². The zero-order valence-electron chi connectivity index (χ0n) is 12.0. The lowest BCUT2D eigenvalue weighted by Gasteiger charge is -2.13. The van der Waals surface area contributed by atoms with Crippen LogP contribution in [0.25, 0.3) is 10.9 Å². The van der Waals surface area contributed by atoms with Gasteiger partial charge in [-0.25, -0.2) is 4.79 Å². The second kappa shape index (κ2) is 6.88. The SMILES string of the molecule is CCCCC(NC(=O)Cn1cc2ccccc2n1)C(=O)O. The molecular weight excluding hydrogens is 270 g/mol. The number of fused-ring (bicyclic) bond motifs is 1. The summed E-state index contributed by atoms with van der Waals surface area (Å²) >= 11 is 0. The van der Waals surface area contributed by atoms with Crippen molar-refractivity contribution in [2.45, 2.75) is 38.8 Å². The lowest BCUT2D eigenvalue weighted by molar-refractivity contribution is -0.142.